The van der Waals surface area contributed by atoms with Crippen LogP contribution in [0.2, 0.25) is 0 Å². The fourth-order valence-electron chi connectivity index (χ4n) is 4.21. The maximum Gasteiger partial charge on any atom is 0.239 e. The highest BCUT2D eigenvalue weighted by atomic mass is 16.2. The van der Waals surface area contributed by atoms with Crippen LogP contribution in [0.5, 0.6) is 0 Å². The van der Waals surface area contributed by atoms with Crippen LogP contribution < -0.4 is 15.5 Å². The molecule has 8 nitrogen and oxygen atoms in total. The zero-order chi connectivity index (χ0) is 21.5. The number of guanidine groups is 1. The van der Waals surface area contributed by atoms with Gasteiger partial charge in [-0.3, -0.25) is 19.5 Å². The number of nitrogens with one attached hydrogen (secondary N) is 2. The highest BCUT2D eigenvalue weighted by Gasteiger charge is 2.32. The zero-order valence-corrected chi connectivity index (χ0v) is 18.3. The second-order valence-corrected chi connectivity index (χ2v) is 8.16. The molecule has 1 aromatic rings. The van der Waals surface area contributed by atoms with Crippen LogP contribution in [0.4, 0.5) is 5.69 Å². The van der Waals surface area contributed by atoms with Gasteiger partial charge in [-0.1, -0.05) is 18.2 Å². The molecule has 2 aliphatic heterocycles. The van der Waals surface area contributed by atoms with Crippen molar-refractivity contribution in [1.82, 2.24) is 20.4 Å². The van der Waals surface area contributed by atoms with Crippen LogP contribution in [0.3, 0.4) is 0 Å². The molecule has 2 amide bonds. The SMILES string of the molecule is CN=C(NCCCN1CCCC1C(=O)N(C)C)NC1CC(=O)N(c2ccccc2)C1. The molecule has 1 aromatic carbocycles. The Hall–Kier alpha value is -2.61. The Morgan fingerprint density at radius 3 is 2.73 bits per heavy atom. The van der Waals surface area contributed by atoms with E-state index < -0.39 is 0 Å². The summed E-state index contributed by atoms with van der Waals surface area (Å²) in [7, 11) is 5.39. The molecule has 3 rings (SSSR count). The number of para-hydroxylation sites is 1. The molecule has 2 unspecified atom stereocenters. The monoisotopic (exact) mass is 414 g/mol. The zero-order valence-electron chi connectivity index (χ0n) is 18.3. The fraction of sp³-hybridized carbons (Fsp3) is 0.591. The van der Waals surface area contributed by atoms with Crippen molar-refractivity contribution in [2.75, 3.05) is 52.2 Å². The Kier molecular flexibility index (Phi) is 7.68. The Balaban J connectivity index is 1.41. The topological polar surface area (TPSA) is 80.3 Å². The number of likely N-dealkylation sites (tertiary alicyclic amines) is 1. The summed E-state index contributed by atoms with van der Waals surface area (Å²) >= 11 is 0. The first kappa shape index (κ1) is 22.1. The van der Waals surface area contributed by atoms with E-state index in [0.717, 1.165) is 44.6 Å². The minimum atomic E-state index is 0.0194. The summed E-state index contributed by atoms with van der Waals surface area (Å²) in [5.74, 6) is 1.04. The van der Waals surface area contributed by atoms with Crippen molar-refractivity contribution >= 4 is 23.5 Å². The lowest BCUT2D eigenvalue weighted by atomic mass is 10.2. The van der Waals surface area contributed by atoms with Crippen molar-refractivity contribution in [2.24, 2.45) is 4.99 Å². The van der Waals surface area contributed by atoms with E-state index in [1.54, 1.807) is 11.9 Å². The van der Waals surface area contributed by atoms with Gasteiger partial charge in [-0.25, -0.2) is 0 Å². The molecule has 30 heavy (non-hydrogen) atoms. The van der Waals surface area contributed by atoms with Crippen LogP contribution in [0.1, 0.15) is 25.7 Å². The summed E-state index contributed by atoms with van der Waals surface area (Å²) in [4.78, 5) is 34.8. The van der Waals surface area contributed by atoms with E-state index in [4.69, 9.17) is 0 Å². The first-order chi connectivity index (χ1) is 14.5. The molecule has 164 valence electrons. The van der Waals surface area contributed by atoms with Crippen LogP contribution in [0.25, 0.3) is 0 Å². The number of likely N-dealkylation sites (N-methyl/N-ethyl adjacent to an activating group) is 1. The Labute approximate surface area is 179 Å². The Bertz CT molecular complexity index is 751. The molecular weight excluding hydrogens is 380 g/mol. The molecular formula is C22H34N6O2. The molecule has 2 heterocycles. The van der Waals surface area contributed by atoms with E-state index in [9.17, 15) is 9.59 Å². The van der Waals surface area contributed by atoms with Crippen molar-refractivity contribution in [3.63, 3.8) is 0 Å². The molecule has 0 spiro atoms. The molecule has 0 saturated carbocycles. The lowest BCUT2D eigenvalue weighted by Gasteiger charge is -2.26. The van der Waals surface area contributed by atoms with Crippen molar-refractivity contribution in [1.29, 1.82) is 0 Å². The smallest absolute Gasteiger partial charge is 0.239 e. The van der Waals surface area contributed by atoms with E-state index in [1.807, 2.05) is 49.3 Å². The second kappa shape index (κ2) is 10.4. The number of amides is 2. The summed E-state index contributed by atoms with van der Waals surface area (Å²) < 4.78 is 0. The average Bonchev–Trinajstić information content (AvgIpc) is 3.36. The number of hydrogen-bond acceptors (Lipinski definition) is 4. The van der Waals surface area contributed by atoms with Gasteiger partial charge in [0.25, 0.3) is 0 Å². The number of benzene rings is 1. The van der Waals surface area contributed by atoms with Gasteiger partial charge in [-0.15, -0.1) is 0 Å². The first-order valence-electron chi connectivity index (χ1n) is 10.8. The van der Waals surface area contributed by atoms with Gasteiger partial charge in [-0.05, 0) is 37.9 Å². The van der Waals surface area contributed by atoms with Crippen LogP contribution in [-0.2, 0) is 9.59 Å². The molecule has 0 aliphatic carbocycles. The Morgan fingerprint density at radius 1 is 1.27 bits per heavy atom. The molecule has 0 aromatic heterocycles. The number of carbonyl (C=O) groups excluding carboxylic acids is 2. The molecule has 0 radical (unpaired) electrons. The molecule has 2 saturated heterocycles. The maximum absolute atomic E-state index is 12.4. The van der Waals surface area contributed by atoms with Gasteiger partial charge in [-0.2, -0.15) is 0 Å². The molecule has 2 aliphatic rings. The van der Waals surface area contributed by atoms with Gasteiger partial charge < -0.3 is 20.4 Å². The average molecular weight is 415 g/mol. The molecule has 8 heteroatoms. The Morgan fingerprint density at radius 2 is 2.03 bits per heavy atom. The third-order valence-electron chi connectivity index (χ3n) is 5.76. The van der Waals surface area contributed by atoms with Gasteiger partial charge in [0, 0.05) is 52.9 Å². The summed E-state index contributed by atoms with van der Waals surface area (Å²) in [6, 6.07) is 9.81. The standard InChI is InChI=1S/C22H34N6O2/c1-23-22(24-12-8-14-27-13-7-11-19(27)21(30)26(2)3)25-17-15-20(29)28(16-17)18-9-5-4-6-10-18/h4-6,9-10,17,19H,7-8,11-16H2,1-3H3,(H2,23,24,25). The van der Waals surface area contributed by atoms with Gasteiger partial charge in [0.05, 0.1) is 12.1 Å². The number of hydrogen-bond donors (Lipinski definition) is 2. The number of nitrogens with zero attached hydrogens (tertiary/aromatic N) is 4. The lowest BCUT2D eigenvalue weighted by Crippen LogP contribution is -2.46. The highest BCUT2D eigenvalue weighted by Crippen LogP contribution is 2.21. The summed E-state index contributed by atoms with van der Waals surface area (Å²) in [6.07, 6.45) is 3.41. The van der Waals surface area contributed by atoms with Gasteiger partial charge >= 0.3 is 0 Å². The first-order valence-corrected chi connectivity index (χ1v) is 10.8. The fourth-order valence-corrected chi connectivity index (χ4v) is 4.21. The van der Waals surface area contributed by atoms with Crippen LogP contribution in [0, 0.1) is 0 Å². The minimum Gasteiger partial charge on any atom is -0.356 e. The van der Waals surface area contributed by atoms with Crippen LogP contribution in [0.15, 0.2) is 35.3 Å². The molecule has 2 fully saturated rings. The predicted molar refractivity (Wildman–Crippen MR) is 120 cm³/mol. The number of anilines is 1. The molecule has 0 bridgehead atoms. The van der Waals surface area contributed by atoms with Crippen molar-refractivity contribution in [3.05, 3.63) is 30.3 Å². The number of rotatable bonds is 7. The third-order valence-corrected chi connectivity index (χ3v) is 5.76. The van der Waals surface area contributed by atoms with E-state index in [2.05, 4.69) is 20.5 Å². The van der Waals surface area contributed by atoms with E-state index in [1.165, 1.54) is 0 Å². The van der Waals surface area contributed by atoms with E-state index in [-0.39, 0.29) is 23.9 Å². The van der Waals surface area contributed by atoms with Crippen molar-refractivity contribution < 1.29 is 9.59 Å². The van der Waals surface area contributed by atoms with Crippen molar-refractivity contribution in [3.8, 4) is 0 Å². The van der Waals surface area contributed by atoms with Crippen LogP contribution >= 0.6 is 0 Å². The van der Waals surface area contributed by atoms with Crippen molar-refractivity contribution in [2.45, 2.75) is 37.8 Å². The highest BCUT2D eigenvalue weighted by molar-refractivity contribution is 5.97. The van der Waals surface area contributed by atoms with Gasteiger partial charge in [0.1, 0.15) is 0 Å². The molecule has 2 atom stereocenters. The van der Waals surface area contributed by atoms with Crippen LogP contribution in [-0.4, -0.2) is 87.0 Å². The summed E-state index contributed by atoms with van der Waals surface area (Å²) in [5, 5.41) is 6.71. The maximum atomic E-state index is 12.4. The van der Waals surface area contributed by atoms with Gasteiger partial charge in [0.2, 0.25) is 11.8 Å². The third kappa shape index (κ3) is 5.50. The second-order valence-electron chi connectivity index (χ2n) is 8.16. The number of aliphatic imine (C=N–C) groups is 1. The molecule has 2 N–H and O–H groups in total. The summed E-state index contributed by atoms with van der Waals surface area (Å²) in [5.41, 5.74) is 0.933. The minimum absolute atomic E-state index is 0.0194. The lowest BCUT2D eigenvalue weighted by molar-refractivity contribution is -0.133. The largest absolute Gasteiger partial charge is 0.356 e. The quantitative estimate of drug-likeness (QED) is 0.394. The van der Waals surface area contributed by atoms with E-state index in [0.29, 0.717) is 18.9 Å². The normalized spacial score (nSPS) is 22.4. The predicted octanol–water partition coefficient (Wildman–Crippen LogP) is 0.900. The van der Waals surface area contributed by atoms with E-state index >= 15 is 0 Å². The number of carbonyl (C=O) groups is 2. The summed E-state index contributed by atoms with van der Waals surface area (Å²) in [6.45, 7) is 3.27. The van der Waals surface area contributed by atoms with Gasteiger partial charge in [0.15, 0.2) is 5.96 Å².